The molecular weight excluding hydrogens is 431 g/mol. The molecule has 2 amide bonds. The highest BCUT2D eigenvalue weighted by atomic mass is 35.5. The number of hydrogen-bond acceptors (Lipinski definition) is 2. The summed E-state index contributed by atoms with van der Waals surface area (Å²) >= 11 is 18.8. The Morgan fingerprint density at radius 1 is 0.931 bits per heavy atom. The van der Waals surface area contributed by atoms with E-state index in [0.717, 1.165) is 0 Å². The lowest BCUT2D eigenvalue weighted by atomic mass is 10.1. The van der Waals surface area contributed by atoms with E-state index >= 15 is 0 Å². The lowest BCUT2D eigenvalue weighted by molar-refractivity contribution is -0.140. The van der Waals surface area contributed by atoms with Crippen LogP contribution in [0.2, 0.25) is 15.1 Å². The maximum absolute atomic E-state index is 13.2. The van der Waals surface area contributed by atoms with Gasteiger partial charge in [0.1, 0.15) is 6.04 Å². The first-order valence-corrected chi connectivity index (χ1v) is 10.6. The van der Waals surface area contributed by atoms with Gasteiger partial charge in [-0.15, -0.1) is 0 Å². The summed E-state index contributed by atoms with van der Waals surface area (Å²) < 4.78 is 0. The summed E-state index contributed by atoms with van der Waals surface area (Å²) in [6, 6.07) is 11.6. The van der Waals surface area contributed by atoms with Crippen LogP contribution >= 0.6 is 34.8 Å². The van der Waals surface area contributed by atoms with Crippen molar-refractivity contribution in [3.8, 4) is 0 Å². The molecule has 0 heterocycles. The summed E-state index contributed by atoms with van der Waals surface area (Å²) in [5, 5.41) is 4.28. The van der Waals surface area contributed by atoms with Crippen LogP contribution in [0.3, 0.4) is 0 Å². The maximum atomic E-state index is 13.2. The van der Waals surface area contributed by atoms with Gasteiger partial charge in [0.05, 0.1) is 6.42 Å². The molecular formula is C22H25Cl3N2O2. The second-order valence-corrected chi connectivity index (χ2v) is 8.53. The molecule has 1 atom stereocenters. The van der Waals surface area contributed by atoms with Gasteiger partial charge in [0.25, 0.3) is 0 Å². The van der Waals surface area contributed by atoms with Crippen LogP contribution in [0.15, 0.2) is 42.5 Å². The standard InChI is InChI=1S/C22H25Cl3N2O2/c1-14(2)12-26-22(29)15(3)27(13-17-19(24)9-6-10-20(17)25)21(28)11-16-7-4-5-8-18(16)23/h4-10,14-15H,11-13H2,1-3H3,(H,26,29). The highest BCUT2D eigenvalue weighted by molar-refractivity contribution is 6.36. The normalized spacial score (nSPS) is 12.0. The van der Waals surface area contributed by atoms with Crippen molar-refractivity contribution in [3.63, 3.8) is 0 Å². The molecule has 0 aromatic heterocycles. The zero-order valence-corrected chi connectivity index (χ0v) is 19.0. The second-order valence-electron chi connectivity index (χ2n) is 7.31. The van der Waals surface area contributed by atoms with Crippen molar-refractivity contribution in [1.29, 1.82) is 0 Å². The fourth-order valence-corrected chi connectivity index (χ4v) is 3.51. The molecule has 0 fully saturated rings. The molecule has 0 saturated carbocycles. The van der Waals surface area contributed by atoms with Crippen molar-refractivity contribution in [2.75, 3.05) is 6.54 Å². The topological polar surface area (TPSA) is 49.4 Å². The maximum Gasteiger partial charge on any atom is 0.242 e. The summed E-state index contributed by atoms with van der Waals surface area (Å²) in [5.74, 6) is -0.160. The molecule has 0 aliphatic heterocycles. The Hall–Kier alpha value is -1.75. The van der Waals surface area contributed by atoms with Gasteiger partial charge in [0.15, 0.2) is 0 Å². The smallest absolute Gasteiger partial charge is 0.242 e. The van der Waals surface area contributed by atoms with E-state index in [9.17, 15) is 9.59 Å². The average molecular weight is 456 g/mol. The third-order valence-corrected chi connectivity index (χ3v) is 5.62. The van der Waals surface area contributed by atoms with E-state index in [2.05, 4.69) is 5.32 Å². The van der Waals surface area contributed by atoms with E-state index in [-0.39, 0.29) is 24.8 Å². The van der Waals surface area contributed by atoms with Gasteiger partial charge in [-0.2, -0.15) is 0 Å². The first-order chi connectivity index (χ1) is 13.7. The van der Waals surface area contributed by atoms with Crippen molar-refractivity contribution in [1.82, 2.24) is 10.2 Å². The molecule has 0 bridgehead atoms. The van der Waals surface area contributed by atoms with Gasteiger partial charge in [-0.1, -0.05) is 72.9 Å². The Kier molecular flexibility index (Phi) is 8.81. The van der Waals surface area contributed by atoms with Gasteiger partial charge in [-0.05, 0) is 36.6 Å². The van der Waals surface area contributed by atoms with Crippen molar-refractivity contribution >= 4 is 46.6 Å². The predicted molar refractivity (Wildman–Crippen MR) is 119 cm³/mol. The number of carbonyl (C=O) groups is 2. The highest BCUT2D eigenvalue weighted by Gasteiger charge is 2.27. The molecule has 29 heavy (non-hydrogen) atoms. The van der Waals surface area contributed by atoms with Gasteiger partial charge in [-0.25, -0.2) is 0 Å². The Labute approximate surface area is 187 Å². The highest BCUT2D eigenvalue weighted by Crippen LogP contribution is 2.27. The molecule has 1 N–H and O–H groups in total. The zero-order valence-electron chi connectivity index (χ0n) is 16.7. The van der Waals surface area contributed by atoms with Crippen molar-refractivity contribution < 1.29 is 9.59 Å². The van der Waals surface area contributed by atoms with Crippen LogP contribution in [0, 0.1) is 5.92 Å². The summed E-state index contributed by atoms with van der Waals surface area (Å²) in [6.07, 6.45) is 0.0730. The van der Waals surface area contributed by atoms with Crippen molar-refractivity contribution in [3.05, 3.63) is 68.7 Å². The molecule has 0 aliphatic carbocycles. The number of nitrogens with one attached hydrogen (secondary N) is 1. The number of benzene rings is 2. The zero-order chi connectivity index (χ0) is 21.6. The van der Waals surface area contributed by atoms with Gasteiger partial charge in [-0.3, -0.25) is 9.59 Å². The molecule has 156 valence electrons. The van der Waals surface area contributed by atoms with Crippen LogP contribution in [0.25, 0.3) is 0 Å². The monoisotopic (exact) mass is 454 g/mol. The molecule has 0 spiro atoms. The van der Waals surface area contributed by atoms with Crippen LogP contribution in [-0.4, -0.2) is 29.3 Å². The second kappa shape index (κ2) is 10.9. The molecule has 2 aromatic rings. The minimum atomic E-state index is -0.698. The lowest BCUT2D eigenvalue weighted by Gasteiger charge is -2.30. The fraction of sp³-hybridized carbons (Fsp3) is 0.364. The fourth-order valence-electron chi connectivity index (χ4n) is 2.80. The molecule has 0 saturated heterocycles. The van der Waals surface area contributed by atoms with Crippen LogP contribution < -0.4 is 5.32 Å². The summed E-state index contributed by atoms with van der Waals surface area (Å²) in [5.41, 5.74) is 1.30. The molecule has 1 unspecified atom stereocenters. The third kappa shape index (κ3) is 6.63. The lowest BCUT2D eigenvalue weighted by Crippen LogP contribution is -2.48. The van der Waals surface area contributed by atoms with E-state index < -0.39 is 6.04 Å². The van der Waals surface area contributed by atoms with E-state index in [0.29, 0.717) is 38.7 Å². The molecule has 2 aromatic carbocycles. The summed E-state index contributed by atoms with van der Waals surface area (Å²) in [7, 11) is 0. The van der Waals surface area contributed by atoms with Gasteiger partial charge < -0.3 is 10.2 Å². The van der Waals surface area contributed by atoms with E-state index in [1.165, 1.54) is 4.90 Å². The first-order valence-electron chi connectivity index (χ1n) is 9.44. The SMILES string of the molecule is CC(C)CNC(=O)C(C)N(Cc1c(Cl)cccc1Cl)C(=O)Cc1ccccc1Cl. The van der Waals surface area contributed by atoms with Crippen LogP contribution in [0.1, 0.15) is 31.9 Å². The van der Waals surface area contributed by atoms with Crippen LogP contribution in [0.5, 0.6) is 0 Å². The molecule has 0 aliphatic rings. The van der Waals surface area contributed by atoms with E-state index in [1.807, 2.05) is 19.9 Å². The Bertz CT molecular complexity index is 851. The molecule has 0 radical (unpaired) electrons. The summed E-state index contributed by atoms with van der Waals surface area (Å²) in [4.78, 5) is 27.3. The molecule has 7 heteroatoms. The third-order valence-electron chi connectivity index (χ3n) is 4.54. The number of nitrogens with zero attached hydrogens (tertiary/aromatic N) is 1. The van der Waals surface area contributed by atoms with Crippen molar-refractivity contribution in [2.45, 2.75) is 39.8 Å². The Morgan fingerprint density at radius 3 is 2.10 bits per heavy atom. The van der Waals surface area contributed by atoms with E-state index in [4.69, 9.17) is 34.8 Å². The predicted octanol–water partition coefficient (Wildman–Crippen LogP) is 5.38. The number of rotatable bonds is 8. The first kappa shape index (κ1) is 23.5. The number of hydrogen-bond donors (Lipinski definition) is 1. The number of amides is 2. The summed E-state index contributed by atoms with van der Waals surface area (Å²) in [6.45, 7) is 6.37. The minimum Gasteiger partial charge on any atom is -0.354 e. The Balaban J connectivity index is 2.30. The largest absolute Gasteiger partial charge is 0.354 e. The van der Waals surface area contributed by atoms with Gasteiger partial charge in [0, 0.05) is 33.7 Å². The van der Waals surface area contributed by atoms with Gasteiger partial charge in [0.2, 0.25) is 11.8 Å². The average Bonchev–Trinajstić information content (AvgIpc) is 2.67. The molecule has 4 nitrogen and oxygen atoms in total. The van der Waals surface area contributed by atoms with Crippen LogP contribution in [-0.2, 0) is 22.6 Å². The van der Waals surface area contributed by atoms with Gasteiger partial charge >= 0.3 is 0 Å². The number of halogens is 3. The quantitative estimate of drug-likeness (QED) is 0.581. The number of carbonyl (C=O) groups excluding carboxylic acids is 2. The van der Waals surface area contributed by atoms with Crippen LogP contribution in [0.4, 0.5) is 0 Å². The Morgan fingerprint density at radius 2 is 1.52 bits per heavy atom. The molecule has 2 rings (SSSR count). The minimum absolute atomic E-state index is 0.0730. The van der Waals surface area contributed by atoms with Crippen molar-refractivity contribution in [2.24, 2.45) is 5.92 Å². The van der Waals surface area contributed by atoms with E-state index in [1.54, 1.807) is 43.3 Å².